The molecule has 0 radical (unpaired) electrons. The van der Waals surface area contributed by atoms with Crippen molar-refractivity contribution in [2.75, 3.05) is 6.54 Å². The van der Waals surface area contributed by atoms with E-state index in [-0.39, 0.29) is 30.1 Å². The lowest BCUT2D eigenvalue weighted by Gasteiger charge is -2.43. The number of amidine groups is 1. The van der Waals surface area contributed by atoms with Gasteiger partial charge >= 0.3 is 18.2 Å². The van der Waals surface area contributed by atoms with Crippen LogP contribution in [0.2, 0.25) is 0 Å². The highest BCUT2D eigenvalue weighted by Crippen LogP contribution is 2.30. The molecule has 1 aromatic rings. The van der Waals surface area contributed by atoms with Crippen molar-refractivity contribution in [2.45, 2.75) is 104 Å². The van der Waals surface area contributed by atoms with Gasteiger partial charge in [0.05, 0.1) is 0 Å². The molecule has 0 aromatic heterocycles. The van der Waals surface area contributed by atoms with Crippen LogP contribution in [0.15, 0.2) is 29.3 Å². The Bertz CT molecular complexity index is 1200. The molecule has 3 rings (SSSR count). The molecule has 1 aromatic carbocycles. The SMILES string of the molecule is CC(=O)OC(C)OC(=O)/N=C(\N)c1ccc(CNC(=O)[C@@H]2CCN2C(=O)[C@H](NC(=O)OC(C)(C)C)C2CCCCC2)cc1. The topological polar surface area (TPSA) is 179 Å². The quantitative estimate of drug-likeness (QED) is 0.166. The fourth-order valence-electron chi connectivity index (χ4n) is 5.07. The highest BCUT2D eigenvalue weighted by molar-refractivity contribution is 6.02. The Morgan fingerprint density at radius 1 is 1.02 bits per heavy atom. The first-order chi connectivity index (χ1) is 20.2. The maximum Gasteiger partial charge on any atom is 0.438 e. The maximum atomic E-state index is 13.6. The van der Waals surface area contributed by atoms with E-state index >= 15 is 0 Å². The molecule has 4 amide bonds. The summed E-state index contributed by atoms with van der Waals surface area (Å²) in [7, 11) is 0. The summed E-state index contributed by atoms with van der Waals surface area (Å²) in [6, 6.07) is 5.35. The molecule has 236 valence electrons. The maximum absolute atomic E-state index is 13.6. The van der Waals surface area contributed by atoms with Crippen LogP contribution in [-0.2, 0) is 35.1 Å². The number of carbonyl (C=O) groups excluding carboxylic acids is 5. The molecule has 1 aliphatic carbocycles. The minimum absolute atomic E-state index is 0.00768. The van der Waals surface area contributed by atoms with Crippen molar-refractivity contribution < 1.29 is 38.2 Å². The van der Waals surface area contributed by atoms with Crippen LogP contribution in [0.25, 0.3) is 0 Å². The van der Waals surface area contributed by atoms with Crippen LogP contribution < -0.4 is 16.4 Å². The third-order valence-electron chi connectivity index (χ3n) is 7.19. The predicted molar refractivity (Wildman–Crippen MR) is 157 cm³/mol. The molecule has 3 atom stereocenters. The molecular formula is C30H43N5O8. The highest BCUT2D eigenvalue weighted by Gasteiger charge is 2.43. The standard InChI is InChI=1S/C30H43N5O8/c1-18(36)41-19(2)42-28(39)34-25(31)22-13-11-20(12-14-22)17-32-26(37)23-15-16-35(23)27(38)24(21-9-7-6-8-10-21)33-29(40)43-30(3,4)5/h11-14,19,21,23-24H,6-10,15-17H2,1-5H3,(H,32,37)(H,33,40)(H2,31,34,39)/t19?,23-,24+/m0/s1. The van der Waals surface area contributed by atoms with Gasteiger partial charge in [-0.15, -0.1) is 0 Å². The van der Waals surface area contributed by atoms with Gasteiger partial charge in [0.1, 0.15) is 23.5 Å². The lowest BCUT2D eigenvalue weighted by molar-refractivity contribution is -0.161. The lowest BCUT2D eigenvalue weighted by atomic mass is 9.82. The fourth-order valence-corrected chi connectivity index (χ4v) is 5.07. The number of nitrogens with zero attached hydrogens (tertiary/aromatic N) is 2. The minimum atomic E-state index is -1.10. The number of hydrogen-bond acceptors (Lipinski definition) is 8. The van der Waals surface area contributed by atoms with E-state index in [0.29, 0.717) is 18.5 Å². The molecule has 2 aliphatic rings. The number of amides is 4. The van der Waals surface area contributed by atoms with Crippen molar-refractivity contribution in [1.82, 2.24) is 15.5 Å². The van der Waals surface area contributed by atoms with Gasteiger partial charge in [-0.3, -0.25) is 14.4 Å². The number of hydrogen-bond donors (Lipinski definition) is 3. The molecule has 0 spiro atoms. The van der Waals surface area contributed by atoms with Crippen molar-refractivity contribution in [2.24, 2.45) is 16.6 Å². The van der Waals surface area contributed by atoms with Crippen molar-refractivity contribution in [3.8, 4) is 0 Å². The Labute approximate surface area is 251 Å². The minimum Gasteiger partial charge on any atom is -0.444 e. The first-order valence-electron chi connectivity index (χ1n) is 14.6. The Balaban J connectivity index is 1.56. The number of aliphatic imine (C=N–C) groups is 1. The Morgan fingerprint density at radius 3 is 2.23 bits per heavy atom. The molecule has 1 unspecified atom stereocenters. The van der Waals surface area contributed by atoms with Crippen LogP contribution in [0, 0.1) is 5.92 Å². The number of nitrogens with two attached hydrogens (primary N) is 1. The van der Waals surface area contributed by atoms with Gasteiger partial charge in [0.25, 0.3) is 0 Å². The molecule has 13 heteroatoms. The van der Waals surface area contributed by atoms with E-state index in [1.54, 1.807) is 45.0 Å². The normalized spacial score (nSPS) is 18.9. The number of alkyl carbamates (subject to hydrolysis) is 1. The summed E-state index contributed by atoms with van der Waals surface area (Å²) in [6.45, 7) is 8.51. The third-order valence-corrected chi connectivity index (χ3v) is 7.19. The van der Waals surface area contributed by atoms with Gasteiger partial charge in [0.2, 0.25) is 18.1 Å². The number of esters is 1. The van der Waals surface area contributed by atoms with Crippen molar-refractivity contribution in [3.05, 3.63) is 35.4 Å². The zero-order chi connectivity index (χ0) is 31.7. The Kier molecular flexibility index (Phi) is 11.5. The summed E-state index contributed by atoms with van der Waals surface area (Å²) in [4.78, 5) is 67.2. The fraction of sp³-hybridized carbons (Fsp3) is 0.600. The smallest absolute Gasteiger partial charge is 0.438 e. The summed E-state index contributed by atoms with van der Waals surface area (Å²) >= 11 is 0. The van der Waals surface area contributed by atoms with E-state index < -0.39 is 42.1 Å². The number of ether oxygens (including phenoxy) is 3. The summed E-state index contributed by atoms with van der Waals surface area (Å²) in [5.41, 5.74) is 6.41. The van der Waals surface area contributed by atoms with Gasteiger partial charge < -0.3 is 35.5 Å². The first kappa shape index (κ1) is 33.3. The highest BCUT2D eigenvalue weighted by atomic mass is 16.7. The van der Waals surface area contributed by atoms with Gasteiger partial charge in [-0.1, -0.05) is 43.5 Å². The third kappa shape index (κ3) is 10.3. The van der Waals surface area contributed by atoms with Crippen molar-refractivity contribution >= 4 is 35.8 Å². The largest absolute Gasteiger partial charge is 0.444 e. The summed E-state index contributed by atoms with van der Waals surface area (Å²) in [6.07, 6.45) is 2.52. The molecule has 4 N–H and O–H groups in total. The van der Waals surface area contributed by atoms with Crippen LogP contribution >= 0.6 is 0 Å². The van der Waals surface area contributed by atoms with E-state index in [1.807, 2.05) is 0 Å². The van der Waals surface area contributed by atoms with E-state index in [1.165, 1.54) is 18.7 Å². The molecule has 0 bridgehead atoms. The second kappa shape index (κ2) is 14.8. The second-order valence-electron chi connectivity index (χ2n) is 11.8. The Morgan fingerprint density at radius 2 is 1.67 bits per heavy atom. The van der Waals surface area contributed by atoms with E-state index in [9.17, 15) is 24.0 Å². The molecule has 2 fully saturated rings. The average molecular weight is 602 g/mol. The van der Waals surface area contributed by atoms with Gasteiger partial charge in [0.15, 0.2) is 0 Å². The van der Waals surface area contributed by atoms with Gasteiger partial charge in [-0.2, -0.15) is 4.99 Å². The molecule has 1 heterocycles. The molecule has 13 nitrogen and oxygen atoms in total. The first-order valence-corrected chi connectivity index (χ1v) is 14.6. The molecule has 1 saturated heterocycles. The predicted octanol–water partition coefficient (Wildman–Crippen LogP) is 3.13. The van der Waals surface area contributed by atoms with Gasteiger partial charge in [0, 0.05) is 32.5 Å². The number of rotatable bonds is 9. The summed E-state index contributed by atoms with van der Waals surface area (Å²) in [5.74, 6) is -1.24. The van der Waals surface area contributed by atoms with Crippen LogP contribution in [-0.4, -0.2) is 71.2 Å². The van der Waals surface area contributed by atoms with Crippen LogP contribution in [0.1, 0.15) is 84.3 Å². The van der Waals surface area contributed by atoms with Crippen LogP contribution in [0.3, 0.4) is 0 Å². The second-order valence-corrected chi connectivity index (χ2v) is 11.8. The van der Waals surface area contributed by atoms with E-state index in [0.717, 1.165) is 37.7 Å². The molecule has 1 aliphatic heterocycles. The van der Waals surface area contributed by atoms with Crippen molar-refractivity contribution in [3.63, 3.8) is 0 Å². The summed E-state index contributed by atoms with van der Waals surface area (Å²) in [5, 5.41) is 5.67. The zero-order valence-electron chi connectivity index (χ0n) is 25.5. The van der Waals surface area contributed by atoms with Gasteiger partial charge in [-0.25, -0.2) is 9.59 Å². The Hall–Kier alpha value is -4.16. The van der Waals surface area contributed by atoms with Crippen LogP contribution in [0.4, 0.5) is 9.59 Å². The number of likely N-dealkylation sites (tertiary alicyclic amines) is 1. The molecular weight excluding hydrogens is 558 g/mol. The van der Waals surface area contributed by atoms with E-state index in [2.05, 4.69) is 15.6 Å². The average Bonchev–Trinajstić information content (AvgIpc) is 2.89. The number of benzene rings is 1. The number of nitrogens with one attached hydrogen (secondary N) is 2. The van der Waals surface area contributed by atoms with Crippen molar-refractivity contribution in [1.29, 1.82) is 0 Å². The molecule has 1 saturated carbocycles. The monoisotopic (exact) mass is 601 g/mol. The van der Waals surface area contributed by atoms with Gasteiger partial charge in [-0.05, 0) is 51.5 Å². The van der Waals surface area contributed by atoms with E-state index in [4.69, 9.17) is 19.9 Å². The lowest BCUT2D eigenvalue weighted by Crippen LogP contribution is -2.63. The van der Waals surface area contributed by atoms with Crippen LogP contribution in [0.5, 0.6) is 0 Å². The summed E-state index contributed by atoms with van der Waals surface area (Å²) < 4.78 is 15.0. The molecule has 43 heavy (non-hydrogen) atoms. The zero-order valence-corrected chi connectivity index (χ0v) is 25.5. The number of carbonyl (C=O) groups is 5.